The van der Waals surface area contributed by atoms with E-state index in [1.165, 1.54) is 0 Å². The van der Waals surface area contributed by atoms with Crippen molar-refractivity contribution in [1.29, 1.82) is 0 Å². The van der Waals surface area contributed by atoms with Crippen LogP contribution in [0.1, 0.15) is 23.2 Å². The zero-order valence-corrected chi connectivity index (χ0v) is 14.1. The van der Waals surface area contributed by atoms with Crippen molar-refractivity contribution in [2.75, 3.05) is 32.2 Å². The lowest BCUT2D eigenvalue weighted by molar-refractivity contribution is 0.0931. The van der Waals surface area contributed by atoms with E-state index in [-0.39, 0.29) is 5.91 Å². The molecule has 2 aromatic rings. The molecule has 0 atom stereocenters. The number of carbonyl (C=O) groups is 1. The van der Waals surface area contributed by atoms with Gasteiger partial charge >= 0.3 is 0 Å². The SMILES string of the molecule is CCOc1ccc(Nc2cc(C(=O)NCCOC)nc(C)n2)cc1. The summed E-state index contributed by atoms with van der Waals surface area (Å²) in [6, 6.07) is 9.14. The number of nitrogens with one attached hydrogen (secondary N) is 2. The van der Waals surface area contributed by atoms with Crippen LogP contribution in [0.25, 0.3) is 0 Å². The first-order valence-corrected chi connectivity index (χ1v) is 7.75. The monoisotopic (exact) mass is 330 g/mol. The van der Waals surface area contributed by atoms with E-state index in [0.29, 0.717) is 37.1 Å². The van der Waals surface area contributed by atoms with Gasteiger partial charge in [0.2, 0.25) is 0 Å². The Labute approximate surface area is 141 Å². The summed E-state index contributed by atoms with van der Waals surface area (Å²) in [6.07, 6.45) is 0. The molecule has 0 aliphatic carbocycles. The van der Waals surface area contributed by atoms with Gasteiger partial charge in [0.05, 0.1) is 13.2 Å². The maximum atomic E-state index is 12.1. The first-order chi connectivity index (χ1) is 11.6. The van der Waals surface area contributed by atoms with Gasteiger partial charge in [0.15, 0.2) is 0 Å². The van der Waals surface area contributed by atoms with Crippen LogP contribution >= 0.6 is 0 Å². The molecular formula is C17H22N4O3. The van der Waals surface area contributed by atoms with E-state index in [1.54, 1.807) is 20.1 Å². The Morgan fingerprint density at radius 3 is 2.62 bits per heavy atom. The van der Waals surface area contributed by atoms with Gasteiger partial charge in [-0.3, -0.25) is 4.79 Å². The van der Waals surface area contributed by atoms with Crippen molar-refractivity contribution in [2.24, 2.45) is 0 Å². The van der Waals surface area contributed by atoms with Crippen molar-refractivity contribution in [2.45, 2.75) is 13.8 Å². The van der Waals surface area contributed by atoms with Crippen LogP contribution in [-0.4, -0.2) is 42.7 Å². The summed E-state index contributed by atoms with van der Waals surface area (Å²) in [5.41, 5.74) is 1.16. The fourth-order valence-corrected chi connectivity index (χ4v) is 2.05. The molecule has 1 heterocycles. The molecular weight excluding hydrogens is 308 g/mol. The summed E-state index contributed by atoms with van der Waals surface area (Å²) in [7, 11) is 1.58. The minimum atomic E-state index is -0.257. The third-order valence-corrected chi connectivity index (χ3v) is 3.10. The number of ether oxygens (including phenoxy) is 2. The van der Waals surface area contributed by atoms with Gasteiger partial charge < -0.3 is 20.1 Å². The van der Waals surface area contributed by atoms with Gasteiger partial charge in [-0.2, -0.15) is 0 Å². The number of aryl methyl sites for hydroxylation is 1. The van der Waals surface area contributed by atoms with E-state index in [0.717, 1.165) is 11.4 Å². The third kappa shape index (κ3) is 5.20. The third-order valence-electron chi connectivity index (χ3n) is 3.10. The Hall–Kier alpha value is -2.67. The first-order valence-electron chi connectivity index (χ1n) is 7.75. The molecule has 0 unspecified atom stereocenters. The average Bonchev–Trinajstić information content (AvgIpc) is 2.56. The van der Waals surface area contributed by atoms with E-state index < -0.39 is 0 Å². The molecule has 0 aliphatic rings. The molecule has 0 saturated heterocycles. The number of anilines is 2. The van der Waals surface area contributed by atoms with Gasteiger partial charge in [-0.05, 0) is 38.1 Å². The number of amides is 1. The number of methoxy groups -OCH3 is 1. The molecule has 0 radical (unpaired) electrons. The molecule has 2 rings (SSSR count). The van der Waals surface area contributed by atoms with E-state index >= 15 is 0 Å². The lowest BCUT2D eigenvalue weighted by Gasteiger charge is -2.10. The summed E-state index contributed by atoms with van der Waals surface area (Å²) in [6.45, 7) is 5.19. The summed E-state index contributed by atoms with van der Waals surface area (Å²) < 4.78 is 10.3. The first kappa shape index (κ1) is 17.7. The molecule has 0 bridgehead atoms. The summed E-state index contributed by atoms with van der Waals surface area (Å²) in [5.74, 6) is 1.62. The Kier molecular flexibility index (Phi) is 6.51. The predicted octanol–water partition coefficient (Wildman–Crippen LogP) is 2.30. The number of carbonyl (C=O) groups excluding carboxylic acids is 1. The van der Waals surface area contributed by atoms with Crippen molar-refractivity contribution in [1.82, 2.24) is 15.3 Å². The maximum absolute atomic E-state index is 12.1. The van der Waals surface area contributed by atoms with Crippen molar-refractivity contribution >= 4 is 17.4 Å². The number of nitrogens with zero attached hydrogens (tertiary/aromatic N) is 2. The molecule has 2 N–H and O–H groups in total. The highest BCUT2D eigenvalue weighted by Gasteiger charge is 2.10. The summed E-state index contributed by atoms with van der Waals surface area (Å²) in [5, 5.41) is 5.91. The van der Waals surface area contributed by atoms with Gasteiger partial charge in [-0.1, -0.05) is 0 Å². The van der Waals surface area contributed by atoms with Gasteiger partial charge in [0.25, 0.3) is 5.91 Å². The minimum Gasteiger partial charge on any atom is -0.494 e. The molecule has 1 aromatic heterocycles. The summed E-state index contributed by atoms with van der Waals surface area (Å²) >= 11 is 0. The zero-order chi connectivity index (χ0) is 17.4. The molecule has 1 amide bonds. The highest BCUT2D eigenvalue weighted by Crippen LogP contribution is 2.19. The van der Waals surface area contributed by atoms with Crippen LogP contribution in [0.3, 0.4) is 0 Å². The Bertz CT molecular complexity index is 674. The van der Waals surface area contributed by atoms with E-state index in [2.05, 4.69) is 20.6 Å². The summed E-state index contributed by atoms with van der Waals surface area (Å²) in [4.78, 5) is 20.6. The van der Waals surface area contributed by atoms with Gasteiger partial charge in [-0.15, -0.1) is 0 Å². The van der Waals surface area contributed by atoms with Crippen LogP contribution in [0.2, 0.25) is 0 Å². The fraction of sp³-hybridized carbons (Fsp3) is 0.353. The quantitative estimate of drug-likeness (QED) is 0.723. The molecule has 0 saturated carbocycles. The molecule has 1 aromatic carbocycles. The topological polar surface area (TPSA) is 85.4 Å². The van der Waals surface area contributed by atoms with Crippen molar-refractivity contribution < 1.29 is 14.3 Å². The Morgan fingerprint density at radius 2 is 1.96 bits per heavy atom. The van der Waals surface area contributed by atoms with Crippen LogP contribution in [0, 0.1) is 6.92 Å². The molecule has 7 heteroatoms. The van der Waals surface area contributed by atoms with Crippen LogP contribution in [0.5, 0.6) is 5.75 Å². The lowest BCUT2D eigenvalue weighted by atomic mass is 10.3. The van der Waals surface area contributed by atoms with E-state index in [1.807, 2.05) is 31.2 Å². The van der Waals surface area contributed by atoms with Gasteiger partial charge in [0.1, 0.15) is 23.1 Å². The second-order valence-electron chi connectivity index (χ2n) is 5.02. The standard InChI is InChI=1S/C17H22N4O3/c1-4-24-14-7-5-13(6-8-14)21-16-11-15(19-12(2)20-16)17(22)18-9-10-23-3/h5-8,11H,4,9-10H2,1-3H3,(H,18,22)(H,19,20,21). The zero-order valence-electron chi connectivity index (χ0n) is 14.1. The van der Waals surface area contributed by atoms with Crippen molar-refractivity contribution in [3.05, 3.63) is 41.9 Å². The number of benzene rings is 1. The Morgan fingerprint density at radius 1 is 1.21 bits per heavy atom. The normalized spacial score (nSPS) is 10.3. The lowest BCUT2D eigenvalue weighted by Crippen LogP contribution is -2.28. The molecule has 0 spiro atoms. The second kappa shape index (κ2) is 8.83. The number of rotatable bonds is 8. The highest BCUT2D eigenvalue weighted by molar-refractivity contribution is 5.93. The molecule has 0 fully saturated rings. The number of aromatic nitrogens is 2. The van der Waals surface area contributed by atoms with E-state index in [9.17, 15) is 4.79 Å². The predicted molar refractivity (Wildman–Crippen MR) is 91.9 cm³/mol. The number of hydrogen-bond acceptors (Lipinski definition) is 6. The van der Waals surface area contributed by atoms with Crippen LogP contribution in [0.4, 0.5) is 11.5 Å². The molecule has 0 aliphatic heterocycles. The fourth-order valence-electron chi connectivity index (χ4n) is 2.05. The molecule has 128 valence electrons. The average molecular weight is 330 g/mol. The smallest absolute Gasteiger partial charge is 0.270 e. The van der Waals surface area contributed by atoms with Crippen molar-refractivity contribution in [3.8, 4) is 5.75 Å². The van der Waals surface area contributed by atoms with E-state index in [4.69, 9.17) is 9.47 Å². The van der Waals surface area contributed by atoms with Gasteiger partial charge in [0, 0.05) is 25.4 Å². The maximum Gasteiger partial charge on any atom is 0.270 e. The van der Waals surface area contributed by atoms with Gasteiger partial charge in [-0.25, -0.2) is 9.97 Å². The minimum absolute atomic E-state index is 0.257. The molecule has 7 nitrogen and oxygen atoms in total. The van der Waals surface area contributed by atoms with Crippen LogP contribution in [-0.2, 0) is 4.74 Å². The largest absolute Gasteiger partial charge is 0.494 e. The highest BCUT2D eigenvalue weighted by atomic mass is 16.5. The van der Waals surface area contributed by atoms with Crippen LogP contribution < -0.4 is 15.4 Å². The second-order valence-corrected chi connectivity index (χ2v) is 5.02. The molecule has 24 heavy (non-hydrogen) atoms. The van der Waals surface area contributed by atoms with Crippen LogP contribution in [0.15, 0.2) is 30.3 Å². The number of hydrogen-bond donors (Lipinski definition) is 2. The van der Waals surface area contributed by atoms with Crippen molar-refractivity contribution in [3.63, 3.8) is 0 Å². The Balaban J connectivity index is 2.08.